The second-order valence-electron chi connectivity index (χ2n) is 4.20. The normalized spacial score (nSPS) is 13.3. The number of rotatable bonds is 6. The minimum Gasteiger partial charge on any atom is -0.492 e. The number of ether oxygens (including phenoxy) is 1. The zero-order valence-corrected chi connectivity index (χ0v) is 12.0. The van der Waals surface area contributed by atoms with Gasteiger partial charge >= 0.3 is 0 Å². The van der Waals surface area contributed by atoms with E-state index >= 15 is 0 Å². The molecular weight excluding hydrogens is 276 g/mol. The van der Waals surface area contributed by atoms with Gasteiger partial charge in [-0.3, -0.25) is 0 Å². The van der Waals surface area contributed by atoms with Crippen LogP contribution in [0.4, 0.5) is 0 Å². The van der Waals surface area contributed by atoms with Gasteiger partial charge < -0.3 is 9.84 Å². The molecule has 0 aliphatic rings. The van der Waals surface area contributed by atoms with Crippen molar-refractivity contribution in [2.45, 2.75) is 19.4 Å². The predicted octanol–water partition coefficient (Wildman–Crippen LogP) is 2.21. The first-order valence-corrected chi connectivity index (χ1v) is 8.01. The second kappa shape index (κ2) is 6.41. The highest BCUT2D eigenvalue weighted by Gasteiger charge is 2.07. The fourth-order valence-corrected chi connectivity index (χ4v) is 2.28. The number of hydrogen-bond donors (Lipinski definition) is 1. The van der Waals surface area contributed by atoms with Crippen molar-refractivity contribution in [3.05, 3.63) is 28.8 Å². The van der Waals surface area contributed by atoms with E-state index in [1.165, 1.54) is 6.26 Å². The molecule has 102 valence electrons. The third-order valence-corrected chi connectivity index (χ3v) is 3.68. The molecule has 1 aromatic rings. The molecule has 0 radical (unpaired) electrons. The highest BCUT2D eigenvalue weighted by atomic mass is 35.5. The summed E-state index contributed by atoms with van der Waals surface area (Å²) in [4.78, 5) is 0. The average molecular weight is 293 g/mol. The van der Waals surface area contributed by atoms with Gasteiger partial charge in [0.2, 0.25) is 0 Å². The van der Waals surface area contributed by atoms with E-state index < -0.39 is 15.9 Å². The molecule has 0 amide bonds. The molecule has 4 nitrogen and oxygen atoms in total. The van der Waals surface area contributed by atoms with Gasteiger partial charge in [0.25, 0.3) is 0 Å². The van der Waals surface area contributed by atoms with Gasteiger partial charge in [0.15, 0.2) is 0 Å². The molecule has 1 rings (SSSR count). The molecule has 0 saturated heterocycles. The molecule has 0 aliphatic heterocycles. The molecule has 0 unspecified atom stereocenters. The van der Waals surface area contributed by atoms with Crippen LogP contribution in [0.25, 0.3) is 0 Å². The third kappa shape index (κ3) is 5.25. The van der Waals surface area contributed by atoms with Crippen LogP contribution in [0.3, 0.4) is 0 Å². The maximum atomic E-state index is 10.9. The molecule has 0 aromatic heterocycles. The van der Waals surface area contributed by atoms with E-state index in [0.29, 0.717) is 29.4 Å². The average Bonchev–Trinajstić information content (AvgIpc) is 2.24. The zero-order chi connectivity index (χ0) is 13.8. The Morgan fingerprint density at radius 2 is 2.11 bits per heavy atom. The van der Waals surface area contributed by atoms with Gasteiger partial charge in [0.05, 0.1) is 23.5 Å². The largest absolute Gasteiger partial charge is 0.492 e. The van der Waals surface area contributed by atoms with E-state index in [0.717, 1.165) is 0 Å². The van der Waals surface area contributed by atoms with Crippen LogP contribution in [0.1, 0.15) is 25.0 Å². The topological polar surface area (TPSA) is 63.6 Å². The van der Waals surface area contributed by atoms with E-state index in [1.54, 1.807) is 25.1 Å². The third-order valence-electron chi connectivity index (χ3n) is 2.36. The van der Waals surface area contributed by atoms with Gasteiger partial charge in [-0.15, -0.1) is 0 Å². The molecule has 0 fully saturated rings. The predicted molar refractivity (Wildman–Crippen MR) is 71.9 cm³/mol. The number of aliphatic hydroxyl groups is 1. The fourth-order valence-electron chi connectivity index (χ4n) is 1.40. The van der Waals surface area contributed by atoms with Crippen molar-refractivity contribution in [3.63, 3.8) is 0 Å². The number of hydrogen-bond acceptors (Lipinski definition) is 4. The van der Waals surface area contributed by atoms with E-state index in [-0.39, 0.29) is 5.75 Å². The quantitative estimate of drug-likeness (QED) is 0.817. The van der Waals surface area contributed by atoms with Gasteiger partial charge in [0.1, 0.15) is 15.6 Å². The first-order chi connectivity index (χ1) is 8.29. The maximum Gasteiger partial charge on any atom is 0.147 e. The molecule has 1 N–H and O–H groups in total. The Hall–Kier alpha value is -0.780. The van der Waals surface area contributed by atoms with Crippen molar-refractivity contribution in [2.24, 2.45) is 0 Å². The molecule has 1 atom stereocenters. The summed E-state index contributed by atoms with van der Waals surface area (Å²) in [6.45, 7) is 1.94. The summed E-state index contributed by atoms with van der Waals surface area (Å²) >= 11 is 5.99. The Morgan fingerprint density at radius 3 is 2.61 bits per heavy atom. The molecule has 1 aromatic carbocycles. The van der Waals surface area contributed by atoms with Crippen molar-refractivity contribution in [1.82, 2.24) is 0 Å². The summed E-state index contributed by atoms with van der Waals surface area (Å²) in [6, 6.07) is 5.03. The lowest BCUT2D eigenvalue weighted by atomic mass is 10.1. The molecule has 0 saturated carbocycles. The minimum atomic E-state index is -2.95. The molecule has 0 aliphatic carbocycles. The molecule has 0 heterocycles. The van der Waals surface area contributed by atoms with Crippen molar-refractivity contribution < 1.29 is 18.3 Å². The zero-order valence-electron chi connectivity index (χ0n) is 10.4. The van der Waals surface area contributed by atoms with Crippen molar-refractivity contribution in [2.75, 3.05) is 18.6 Å². The summed E-state index contributed by atoms with van der Waals surface area (Å²) in [6.07, 6.45) is 1.03. The fraction of sp³-hybridized carbons (Fsp3) is 0.500. The van der Waals surface area contributed by atoms with Gasteiger partial charge in [-0.2, -0.15) is 0 Å². The van der Waals surface area contributed by atoms with Crippen LogP contribution in [0.15, 0.2) is 18.2 Å². The lowest BCUT2D eigenvalue weighted by Gasteiger charge is -2.10. The van der Waals surface area contributed by atoms with E-state index in [1.807, 2.05) is 0 Å². The van der Waals surface area contributed by atoms with Crippen LogP contribution < -0.4 is 4.74 Å². The van der Waals surface area contributed by atoms with Crippen molar-refractivity contribution in [1.29, 1.82) is 0 Å². The SMILES string of the molecule is C[C@H](O)c1ccc(OCCCS(C)(=O)=O)c(Cl)c1. The summed E-state index contributed by atoms with van der Waals surface area (Å²) in [5.74, 6) is 0.589. The van der Waals surface area contributed by atoms with Gasteiger partial charge in [-0.05, 0) is 31.0 Å². The first-order valence-electron chi connectivity index (χ1n) is 5.57. The van der Waals surface area contributed by atoms with Crippen LogP contribution in [0, 0.1) is 0 Å². The van der Waals surface area contributed by atoms with E-state index in [4.69, 9.17) is 16.3 Å². The first kappa shape index (κ1) is 15.3. The number of halogens is 1. The van der Waals surface area contributed by atoms with Crippen LogP contribution >= 0.6 is 11.6 Å². The smallest absolute Gasteiger partial charge is 0.147 e. The lowest BCUT2D eigenvalue weighted by Crippen LogP contribution is -2.08. The summed E-state index contributed by atoms with van der Waals surface area (Å²) in [5.41, 5.74) is 0.712. The van der Waals surface area contributed by atoms with Crippen molar-refractivity contribution in [3.8, 4) is 5.75 Å². The second-order valence-corrected chi connectivity index (χ2v) is 6.86. The van der Waals surface area contributed by atoms with Gasteiger partial charge in [-0.1, -0.05) is 17.7 Å². The summed E-state index contributed by atoms with van der Waals surface area (Å²) < 4.78 is 27.2. The standard InChI is InChI=1S/C12H17ClO4S/c1-9(14)10-4-5-12(11(13)8-10)17-6-3-7-18(2,15)16/h4-5,8-9,14H,3,6-7H2,1-2H3/t9-/m0/s1. The maximum absolute atomic E-state index is 10.9. The molecule has 6 heteroatoms. The number of aliphatic hydroxyl groups excluding tert-OH is 1. The summed E-state index contributed by atoms with van der Waals surface area (Å²) in [5, 5.41) is 9.79. The van der Waals surface area contributed by atoms with Crippen LogP contribution in [-0.4, -0.2) is 32.1 Å². The van der Waals surface area contributed by atoms with Crippen LogP contribution in [-0.2, 0) is 9.84 Å². The van der Waals surface area contributed by atoms with E-state index in [9.17, 15) is 13.5 Å². The highest BCUT2D eigenvalue weighted by Crippen LogP contribution is 2.27. The lowest BCUT2D eigenvalue weighted by molar-refractivity contribution is 0.199. The molecule has 18 heavy (non-hydrogen) atoms. The molecule has 0 bridgehead atoms. The number of sulfone groups is 1. The Kier molecular flexibility index (Phi) is 5.44. The Morgan fingerprint density at radius 1 is 1.44 bits per heavy atom. The molecule has 0 spiro atoms. The Bertz CT molecular complexity index is 497. The highest BCUT2D eigenvalue weighted by molar-refractivity contribution is 7.90. The molecular formula is C12H17ClO4S. The van der Waals surface area contributed by atoms with Crippen molar-refractivity contribution >= 4 is 21.4 Å². The van der Waals surface area contributed by atoms with Crippen LogP contribution in [0.5, 0.6) is 5.75 Å². The minimum absolute atomic E-state index is 0.0936. The van der Waals surface area contributed by atoms with Gasteiger partial charge in [-0.25, -0.2) is 8.42 Å². The monoisotopic (exact) mass is 292 g/mol. The van der Waals surface area contributed by atoms with Gasteiger partial charge in [0, 0.05) is 6.26 Å². The van der Waals surface area contributed by atoms with Crippen LogP contribution in [0.2, 0.25) is 5.02 Å². The van der Waals surface area contributed by atoms with E-state index in [2.05, 4.69) is 0 Å². The summed E-state index contributed by atoms with van der Waals surface area (Å²) in [7, 11) is -2.95. The Balaban J connectivity index is 2.53. The number of benzene rings is 1. The Labute approximate surface area is 112 Å².